The molecule has 1 unspecified atom stereocenters. The lowest BCUT2D eigenvalue weighted by Gasteiger charge is -2.52. The van der Waals surface area contributed by atoms with E-state index in [1.165, 1.54) is 5.69 Å². The second-order valence-corrected chi connectivity index (χ2v) is 9.12. The molecule has 1 spiro atoms. The van der Waals surface area contributed by atoms with Crippen LogP contribution in [0.3, 0.4) is 0 Å². The number of nitrogens with one attached hydrogen (secondary N) is 1. The van der Waals surface area contributed by atoms with Crippen molar-refractivity contribution in [3.8, 4) is 5.75 Å². The lowest BCUT2D eigenvalue weighted by molar-refractivity contribution is -0.129. The maximum atomic E-state index is 13.1. The number of aromatic hydroxyl groups is 1. The van der Waals surface area contributed by atoms with E-state index in [2.05, 4.69) is 46.6 Å². The topological polar surface area (TPSA) is 55.8 Å². The van der Waals surface area contributed by atoms with Gasteiger partial charge >= 0.3 is 0 Å². The zero-order chi connectivity index (χ0) is 22.0. The number of hydrogen-bond acceptors (Lipinski definition) is 4. The molecule has 3 aromatic rings. The number of phenols is 1. The predicted octanol–water partition coefficient (Wildman–Crippen LogP) is 4.01. The normalized spacial score (nSPS) is 19.1. The Bertz CT molecular complexity index is 1060. The highest BCUT2D eigenvalue weighted by atomic mass is 16.3. The van der Waals surface area contributed by atoms with E-state index in [9.17, 15) is 9.90 Å². The van der Waals surface area contributed by atoms with E-state index in [4.69, 9.17) is 0 Å². The van der Waals surface area contributed by atoms with Crippen LogP contribution < -0.4 is 10.2 Å². The summed E-state index contributed by atoms with van der Waals surface area (Å²) >= 11 is 0. The molecule has 2 fully saturated rings. The van der Waals surface area contributed by atoms with Gasteiger partial charge in [-0.3, -0.25) is 4.79 Å². The standard InChI is InChI=1S/C27H29N3O2/c31-25-13-7-8-21(14-25)15-26(32)29-17-22(16-28-23-9-3-1-4-10-23)27(18-29)19-30(20-27)24-11-5-2-6-12-24/h1-14,22,28,31H,15-20H2. The third kappa shape index (κ3) is 4.15. The number of hydrogen-bond donors (Lipinski definition) is 2. The van der Waals surface area contributed by atoms with Gasteiger partial charge in [0.2, 0.25) is 5.91 Å². The second-order valence-electron chi connectivity index (χ2n) is 9.12. The Morgan fingerprint density at radius 1 is 0.938 bits per heavy atom. The summed E-state index contributed by atoms with van der Waals surface area (Å²) < 4.78 is 0. The quantitative estimate of drug-likeness (QED) is 0.624. The smallest absolute Gasteiger partial charge is 0.227 e. The van der Waals surface area contributed by atoms with Crippen molar-refractivity contribution in [2.45, 2.75) is 6.42 Å². The molecule has 0 aromatic heterocycles. The maximum Gasteiger partial charge on any atom is 0.227 e. The molecule has 1 amide bonds. The van der Waals surface area contributed by atoms with Crippen LogP contribution in [0.25, 0.3) is 0 Å². The highest BCUT2D eigenvalue weighted by Gasteiger charge is 2.54. The summed E-state index contributed by atoms with van der Waals surface area (Å²) in [6, 6.07) is 27.8. The molecule has 2 N–H and O–H groups in total. The van der Waals surface area contributed by atoms with Crippen LogP contribution >= 0.6 is 0 Å². The first-order chi connectivity index (χ1) is 15.6. The van der Waals surface area contributed by atoms with Crippen LogP contribution in [-0.4, -0.2) is 48.6 Å². The van der Waals surface area contributed by atoms with Crippen molar-refractivity contribution in [1.29, 1.82) is 0 Å². The Kier molecular flexibility index (Phi) is 5.48. The third-order valence-electron chi connectivity index (χ3n) is 6.89. The van der Waals surface area contributed by atoms with Crippen LogP contribution in [0, 0.1) is 11.3 Å². The fraction of sp³-hybridized carbons (Fsp3) is 0.296. The molecule has 3 aromatic carbocycles. The average molecular weight is 428 g/mol. The lowest BCUT2D eigenvalue weighted by atomic mass is 9.71. The fourth-order valence-corrected chi connectivity index (χ4v) is 5.15. The summed E-state index contributed by atoms with van der Waals surface area (Å²) in [6.45, 7) is 4.33. The SMILES string of the molecule is O=C(Cc1cccc(O)c1)N1CC(CNc2ccccc2)C2(C1)CN(c1ccccc1)C2. The summed E-state index contributed by atoms with van der Waals surface area (Å²) in [4.78, 5) is 17.6. The van der Waals surface area contributed by atoms with Crippen molar-refractivity contribution in [3.63, 3.8) is 0 Å². The van der Waals surface area contributed by atoms with Crippen LogP contribution in [-0.2, 0) is 11.2 Å². The van der Waals surface area contributed by atoms with E-state index < -0.39 is 0 Å². The summed E-state index contributed by atoms with van der Waals surface area (Å²) in [5, 5.41) is 13.3. The van der Waals surface area contributed by atoms with Gasteiger partial charge in [-0.15, -0.1) is 0 Å². The fourth-order valence-electron chi connectivity index (χ4n) is 5.15. The highest BCUT2D eigenvalue weighted by molar-refractivity contribution is 5.79. The Labute approximate surface area is 189 Å². The maximum absolute atomic E-state index is 13.1. The van der Waals surface area contributed by atoms with Crippen LogP contribution in [0.4, 0.5) is 11.4 Å². The average Bonchev–Trinajstić information content (AvgIpc) is 3.18. The Morgan fingerprint density at radius 2 is 1.66 bits per heavy atom. The van der Waals surface area contributed by atoms with E-state index in [1.807, 2.05) is 35.2 Å². The van der Waals surface area contributed by atoms with Crippen LogP contribution in [0.5, 0.6) is 5.75 Å². The van der Waals surface area contributed by atoms with Gasteiger partial charge in [0.25, 0.3) is 0 Å². The van der Waals surface area contributed by atoms with E-state index in [-0.39, 0.29) is 17.1 Å². The summed E-state index contributed by atoms with van der Waals surface area (Å²) in [5.41, 5.74) is 3.32. The second kappa shape index (κ2) is 8.58. The zero-order valence-corrected chi connectivity index (χ0v) is 18.2. The van der Waals surface area contributed by atoms with Crippen molar-refractivity contribution in [2.24, 2.45) is 11.3 Å². The number of rotatable bonds is 6. The molecule has 0 saturated carbocycles. The highest BCUT2D eigenvalue weighted by Crippen LogP contribution is 2.45. The molecule has 2 aliphatic heterocycles. The van der Waals surface area contributed by atoms with E-state index >= 15 is 0 Å². The minimum Gasteiger partial charge on any atom is -0.508 e. The summed E-state index contributed by atoms with van der Waals surface area (Å²) in [5.74, 6) is 0.724. The van der Waals surface area contributed by atoms with Crippen LogP contribution in [0.15, 0.2) is 84.9 Å². The number of likely N-dealkylation sites (tertiary alicyclic amines) is 1. The van der Waals surface area contributed by atoms with Crippen molar-refractivity contribution in [3.05, 3.63) is 90.5 Å². The number of phenolic OH excluding ortho intramolecular Hbond substituents is 1. The number of amides is 1. The van der Waals surface area contributed by atoms with E-state index in [0.29, 0.717) is 12.3 Å². The first kappa shape index (κ1) is 20.4. The van der Waals surface area contributed by atoms with Crippen LogP contribution in [0.1, 0.15) is 5.56 Å². The molecular weight excluding hydrogens is 398 g/mol. The van der Waals surface area contributed by atoms with E-state index in [1.54, 1.807) is 18.2 Å². The molecule has 32 heavy (non-hydrogen) atoms. The summed E-state index contributed by atoms with van der Waals surface area (Å²) in [6.07, 6.45) is 0.325. The molecule has 0 radical (unpaired) electrons. The largest absolute Gasteiger partial charge is 0.508 e. The van der Waals surface area contributed by atoms with Gasteiger partial charge < -0.3 is 20.2 Å². The van der Waals surface area contributed by atoms with Gasteiger partial charge in [0.05, 0.1) is 6.42 Å². The minimum atomic E-state index is 0.103. The number of para-hydroxylation sites is 2. The lowest BCUT2D eigenvalue weighted by Crippen LogP contribution is -2.61. The van der Waals surface area contributed by atoms with Gasteiger partial charge in [-0.1, -0.05) is 48.5 Å². The number of benzene rings is 3. The summed E-state index contributed by atoms with van der Waals surface area (Å²) in [7, 11) is 0. The van der Waals surface area contributed by atoms with Crippen molar-refractivity contribution >= 4 is 17.3 Å². The first-order valence-electron chi connectivity index (χ1n) is 11.3. The predicted molar refractivity (Wildman–Crippen MR) is 128 cm³/mol. The number of anilines is 2. The van der Waals surface area contributed by atoms with Crippen LogP contribution in [0.2, 0.25) is 0 Å². The first-order valence-corrected chi connectivity index (χ1v) is 11.3. The van der Waals surface area contributed by atoms with Gasteiger partial charge in [-0.05, 0) is 42.0 Å². The number of carbonyl (C=O) groups is 1. The van der Waals surface area contributed by atoms with E-state index in [0.717, 1.165) is 44.0 Å². The van der Waals surface area contributed by atoms with Gasteiger partial charge in [-0.25, -0.2) is 0 Å². The molecular formula is C27H29N3O2. The molecule has 2 aliphatic rings. The van der Waals surface area contributed by atoms with Crippen molar-refractivity contribution in [1.82, 2.24) is 4.90 Å². The third-order valence-corrected chi connectivity index (χ3v) is 6.89. The number of nitrogens with zero attached hydrogens (tertiary/aromatic N) is 2. The molecule has 5 nitrogen and oxygen atoms in total. The minimum absolute atomic E-state index is 0.103. The monoisotopic (exact) mass is 427 g/mol. The molecule has 2 heterocycles. The molecule has 2 saturated heterocycles. The van der Waals surface area contributed by atoms with Gasteiger partial charge in [0.1, 0.15) is 5.75 Å². The Hall–Kier alpha value is -3.47. The van der Waals surface area contributed by atoms with Gasteiger partial charge in [0.15, 0.2) is 0 Å². The Morgan fingerprint density at radius 3 is 2.38 bits per heavy atom. The van der Waals surface area contributed by atoms with Gasteiger partial charge in [0, 0.05) is 55.4 Å². The van der Waals surface area contributed by atoms with Gasteiger partial charge in [-0.2, -0.15) is 0 Å². The molecule has 5 rings (SSSR count). The molecule has 0 bridgehead atoms. The zero-order valence-electron chi connectivity index (χ0n) is 18.2. The molecule has 5 heteroatoms. The molecule has 1 atom stereocenters. The number of carbonyl (C=O) groups excluding carboxylic acids is 1. The van der Waals surface area contributed by atoms with Crippen molar-refractivity contribution in [2.75, 3.05) is 42.9 Å². The molecule has 0 aliphatic carbocycles. The Balaban J connectivity index is 1.30. The van der Waals surface area contributed by atoms with Crippen molar-refractivity contribution < 1.29 is 9.90 Å². The molecule has 164 valence electrons.